The number of amides is 1. The first-order valence-corrected chi connectivity index (χ1v) is 5.76. The monoisotopic (exact) mass is 269 g/mol. The number of halogens is 1. The van der Waals surface area contributed by atoms with E-state index in [1.54, 1.807) is 12.1 Å². The van der Waals surface area contributed by atoms with Gasteiger partial charge in [0.25, 0.3) is 0 Å². The van der Waals surface area contributed by atoms with Crippen LogP contribution in [0.2, 0.25) is 0 Å². The molecule has 0 radical (unpaired) electrons. The normalized spacial score (nSPS) is 10.2. The van der Waals surface area contributed by atoms with E-state index in [0.29, 0.717) is 0 Å². The Labute approximate surface area is 110 Å². The molecule has 1 rings (SSSR count). The second kappa shape index (κ2) is 7.48. The highest BCUT2D eigenvalue weighted by Crippen LogP contribution is 2.08. The van der Waals surface area contributed by atoms with E-state index < -0.39 is 5.97 Å². The molecule has 6 heteroatoms. The van der Waals surface area contributed by atoms with Gasteiger partial charge >= 0.3 is 5.97 Å². The number of carbonyl (C=O) groups excluding carboxylic acids is 1. The average molecular weight is 269 g/mol. The van der Waals surface area contributed by atoms with Crippen LogP contribution < -0.4 is 0 Å². The average Bonchev–Trinajstić information content (AvgIpc) is 2.36. The summed E-state index contributed by atoms with van der Waals surface area (Å²) in [6.07, 6.45) is -0.142. The van der Waals surface area contributed by atoms with Crippen LogP contribution in [0.25, 0.3) is 0 Å². The molecule has 19 heavy (non-hydrogen) atoms. The number of ether oxygens (including phenoxy) is 1. The van der Waals surface area contributed by atoms with Gasteiger partial charge in [0.1, 0.15) is 12.4 Å². The molecule has 1 aromatic carbocycles. The Kier molecular flexibility index (Phi) is 5.95. The Morgan fingerprint density at radius 2 is 1.95 bits per heavy atom. The fourth-order valence-corrected chi connectivity index (χ4v) is 1.55. The van der Waals surface area contributed by atoms with Crippen LogP contribution in [0.4, 0.5) is 4.39 Å². The lowest BCUT2D eigenvalue weighted by Crippen LogP contribution is -2.35. The number of benzene rings is 1. The van der Waals surface area contributed by atoms with Crippen molar-refractivity contribution in [3.05, 3.63) is 35.6 Å². The number of hydrogen-bond donors (Lipinski definition) is 1. The molecule has 0 atom stereocenters. The highest BCUT2D eigenvalue weighted by Gasteiger charge is 2.15. The number of methoxy groups -OCH3 is 1. The SMILES string of the molecule is COCC(=O)N(CCC(=O)O)Cc1ccc(F)cc1. The number of hydrogen-bond acceptors (Lipinski definition) is 3. The minimum absolute atomic E-state index is 0.0922. The summed E-state index contributed by atoms with van der Waals surface area (Å²) in [7, 11) is 1.39. The minimum Gasteiger partial charge on any atom is -0.481 e. The van der Waals surface area contributed by atoms with E-state index in [0.717, 1.165) is 5.56 Å². The fourth-order valence-electron chi connectivity index (χ4n) is 1.55. The lowest BCUT2D eigenvalue weighted by molar-refractivity contribution is -0.140. The summed E-state index contributed by atoms with van der Waals surface area (Å²) in [5.74, 6) is -1.63. The second-order valence-corrected chi connectivity index (χ2v) is 4.02. The fraction of sp³-hybridized carbons (Fsp3) is 0.385. The molecule has 0 unspecified atom stereocenters. The zero-order valence-corrected chi connectivity index (χ0v) is 10.6. The molecule has 104 valence electrons. The van der Waals surface area contributed by atoms with Crippen LogP contribution in [-0.2, 0) is 20.9 Å². The van der Waals surface area contributed by atoms with Gasteiger partial charge in [0.05, 0.1) is 6.42 Å². The number of carboxylic acid groups (broad SMARTS) is 1. The van der Waals surface area contributed by atoms with Gasteiger partial charge in [-0.25, -0.2) is 4.39 Å². The molecule has 0 heterocycles. The molecule has 0 spiro atoms. The van der Waals surface area contributed by atoms with Gasteiger partial charge in [-0.15, -0.1) is 0 Å². The van der Waals surface area contributed by atoms with Crippen molar-refractivity contribution >= 4 is 11.9 Å². The number of nitrogens with zero attached hydrogens (tertiary/aromatic N) is 1. The van der Waals surface area contributed by atoms with Gasteiger partial charge in [-0.3, -0.25) is 9.59 Å². The molecule has 0 saturated carbocycles. The summed E-state index contributed by atoms with van der Waals surface area (Å²) in [5.41, 5.74) is 0.733. The predicted molar refractivity (Wildman–Crippen MR) is 65.9 cm³/mol. The molecule has 0 aliphatic carbocycles. The third-order valence-corrected chi connectivity index (χ3v) is 2.50. The summed E-state index contributed by atoms with van der Waals surface area (Å²) < 4.78 is 17.5. The maximum absolute atomic E-state index is 12.8. The van der Waals surface area contributed by atoms with Gasteiger partial charge in [-0.1, -0.05) is 12.1 Å². The third-order valence-electron chi connectivity index (χ3n) is 2.50. The van der Waals surface area contributed by atoms with Gasteiger partial charge in [0.2, 0.25) is 5.91 Å². The van der Waals surface area contributed by atoms with Crippen LogP contribution in [0.1, 0.15) is 12.0 Å². The quantitative estimate of drug-likeness (QED) is 0.809. The lowest BCUT2D eigenvalue weighted by atomic mass is 10.2. The molecule has 0 aliphatic heterocycles. The Morgan fingerprint density at radius 3 is 2.47 bits per heavy atom. The van der Waals surface area contributed by atoms with Crippen LogP contribution in [0.5, 0.6) is 0 Å². The van der Waals surface area contributed by atoms with Crippen molar-refractivity contribution in [1.82, 2.24) is 4.90 Å². The molecule has 0 saturated heterocycles. The first-order chi connectivity index (χ1) is 9.02. The zero-order chi connectivity index (χ0) is 14.3. The van der Waals surface area contributed by atoms with Gasteiger partial charge in [0, 0.05) is 20.2 Å². The molecule has 1 amide bonds. The molecule has 0 fully saturated rings. The standard InChI is InChI=1S/C13H16FNO4/c1-19-9-12(16)15(7-6-13(17)18)8-10-2-4-11(14)5-3-10/h2-5H,6-9H2,1H3,(H,17,18). The van der Waals surface area contributed by atoms with Gasteiger partial charge in [-0.2, -0.15) is 0 Å². The molecular formula is C13H16FNO4. The summed E-state index contributed by atoms with van der Waals surface area (Å²) in [6, 6.07) is 5.71. The van der Waals surface area contributed by atoms with Crippen LogP contribution in [0, 0.1) is 5.82 Å². The van der Waals surface area contributed by atoms with Crippen molar-refractivity contribution in [3.63, 3.8) is 0 Å². The van der Waals surface area contributed by atoms with Crippen LogP contribution in [0.3, 0.4) is 0 Å². The van der Waals surface area contributed by atoms with Crippen LogP contribution in [-0.4, -0.2) is 42.1 Å². The van der Waals surface area contributed by atoms with E-state index in [1.165, 1.54) is 24.1 Å². The Balaban J connectivity index is 2.69. The van der Waals surface area contributed by atoms with Crippen LogP contribution in [0.15, 0.2) is 24.3 Å². The lowest BCUT2D eigenvalue weighted by Gasteiger charge is -2.21. The van der Waals surface area contributed by atoms with Gasteiger partial charge in [-0.05, 0) is 17.7 Å². The van der Waals surface area contributed by atoms with E-state index in [4.69, 9.17) is 9.84 Å². The van der Waals surface area contributed by atoms with Crippen molar-refractivity contribution in [3.8, 4) is 0 Å². The van der Waals surface area contributed by atoms with Gasteiger partial charge < -0.3 is 14.7 Å². The number of carbonyl (C=O) groups is 2. The predicted octanol–water partition coefficient (Wildman–Crippen LogP) is 1.28. The highest BCUT2D eigenvalue weighted by atomic mass is 19.1. The number of rotatable bonds is 7. The van der Waals surface area contributed by atoms with E-state index >= 15 is 0 Å². The molecule has 0 bridgehead atoms. The molecule has 5 nitrogen and oxygen atoms in total. The highest BCUT2D eigenvalue weighted by molar-refractivity contribution is 5.78. The Bertz CT molecular complexity index is 433. The van der Waals surface area contributed by atoms with Crippen molar-refractivity contribution in [2.24, 2.45) is 0 Å². The number of carboxylic acids is 1. The first-order valence-electron chi connectivity index (χ1n) is 5.76. The Morgan fingerprint density at radius 1 is 1.32 bits per heavy atom. The van der Waals surface area contributed by atoms with Crippen molar-refractivity contribution in [2.45, 2.75) is 13.0 Å². The van der Waals surface area contributed by atoms with Crippen molar-refractivity contribution in [1.29, 1.82) is 0 Å². The van der Waals surface area contributed by atoms with Gasteiger partial charge in [0.15, 0.2) is 0 Å². The number of aliphatic carboxylic acids is 1. The smallest absolute Gasteiger partial charge is 0.305 e. The van der Waals surface area contributed by atoms with Crippen molar-refractivity contribution < 1.29 is 23.8 Å². The summed E-state index contributed by atoms with van der Waals surface area (Å²) in [5, 5.41) is 8.66. The summed E-state index contributed by atoms with van der Waals surface area (Å²) in [6.45, 7) is 0.214. The molecule has 1 aromatic rings. The molecule has 0 aromatic heterocycles. The topological polar surface area (TPSA) is 66.8 Å². The maximum Gasteiger partial charge on any atom is 0.305 e. The second-order valence-electron chi connectivity index (χ2n) is 4.02. The molecule has 0 aliphatic rings. The first kappa shape index (κ1) is 15.1. The largest absolute Gasteiger partial charge is 0.481 e. The maximum atomic E-state index is 12.8. The Hall–Kier alpha value is -1.95. The minimum atomic E-state index is -0.977. The van der Waals surface area contributed by atoms with E-state index in [-0.39, 0.29) is 37.8 Å². The molecule has 1 N–H and O–H groups in total. The zero-order valence-electron chi connectivity index (χ0n) is 10.6. The van der Waals surface area contributed by atoms with E-state index in [9.17, 15) is 14.0 Å². The van der Waals surface area contributed by atoms with E-state index in [1.807, 2.05) is 0 Å². The van der Waals surface area contributed by atoms with Crippen molar-refractivity contribution in [2.75, 3.05) is 20.3 Å². The summed E-state index contributed by atoms with van der Waals surface area (Å²) in [4.78, 5) is 23.7. The van der Waals surface area contributed by atoms with Crippen LogP contribution >= 0.6 is 0 Å². The van der Waals surface area contributed by atoms with E-state index in [2.05, 4.69) is 0 Å². The molecular weight excluding hydrogens is 253 g/mol. The summed E-state index contributed by atoms with van der Waals surface area (Å²) >= 11 is 0. The third kappa shape index (κ3) is 5.48.